The SMILES string of the molecule is CCCc1cc(C(=O)O)[nH]c1Br. The Balaban J connectivity index is 2.92. The van der Waals surface area contributed by atoms with Crippen molar-refractivity contribution in [2.45, 2.75) is 19.8 Å². The largest absolute Gasteiger partial charge is 0.477 e. The van der Waals surface area contributed by atoms with E-state index in [2.05, 4.69) is 27.8 Å². The van der Waals surface area contributed by atoms with Crippen molar-refractivity contribution in [1.82, 2.24) is 4.98 Å². The molecule has 0 fully saturated rings. The fraction of sp³-hybridized carbons (Fsp3) is 0.375. The van der Waals surface area contributed by atoms with Gasteiger partial charge in [0.25, 0.3) is 0 Å². The van der Waals surface area contributed by atoms with Gasteiger partial charge in [0.1, 0.15) is 5.69 Å². The third kappa shape index (κ3) is 1.88. The van der Waals surface area contributed by atoms with Crippen molar-refractivity contribution in [3.8, 4) is 0 Å². The summed E-state index contributed by atoms with van der Waals surface area (Å²) in [6.45, 7) is 2.06. The Morgan fingerprint density at radius 3 is 2.83 bits per heavy atom. The van der Waals surface area contributed by atoms with E-state index in [0.717, 1.165) is 23.0 Å². The second kappa shape index (κ2) is 3.76. The number of hydrogen-bond donors (Lipinski definition) is 2. The zero-order valence-corrected chi connectivity index (χ0v) is 8.31. The summed E-state index contributed by atoms with van der Waals surface area (Å²) in [4.78, 5) is 13.3. The Kier molecular flexibility index (Phi) is 2.92. The summed E-state index contributed by atoms with van der Waals surface area (Å²) in [5, 5.41) is 8.64. The fourth-order valence-corrected chi connectivity index (χ4v) is 1.56. The average Bonchev–Trinajstić information content (AvgIpc) is 2.34. The Labute approximate surface area is 78.9 Å². The van der Waals surface area contributed by atoms with E-state index < -0.39 is 5.97 Å². The minimum atomic E-state index is -0.918. The molecular formula is C8H10BrNO2. The van der Waals surface area contributed by atoms with Crippen LogP contribution in [0.3, 0.4) is 0 Å². The molecule has 0 aromatic carbocycles. The van der Waals surface area contributed by atoms with Crippen LogP contribution in [0.5, 0.6) is 0 Å². The Morgan fingerprint density at radius 2 is 2.42 bits per heavy atom. The summed E-state index contributed by atoms with van der Waals surface area (Å²) >= 11 is 3.27. The molecule has 0 spiro atoms. The van der Waals surface area contributed by atoms with Crippen molar-refractivity contribution >= 4 is 21.9 Å². The summed E-state index contributed by atoms with van der Waals surface area (Å²) in [7, 11) is 0. The number of carbonyl (C=O) groups is 1. The molecule has 1 aromatic heterocycles. The van der Waals surface area contributed by atoms with Crippen LogP contribution in [0, 0.1) is 0 Å². The standard InChI is InChI=1S/C8H10BrNO2/c1-2-3-5-4-6(8(11)12)10-7(5)9/h4,10H,2-3H2,1H3,(H,11,12). The Morgan fingerprint density at radius 1 is 1.75 bits per heavy atom. The third-order valence-electron chi connectivity index (χ3n) is 1.59. The van der Waals surface area contributed by atoms with Gasteiger partial charge in [-0.25, -0.2) is 4.79 Å². The van der Waals surface area contributed by atoms with Gasteiger partial charge in [-0.2, -0.15) is 0 Å². The molecule has 0 saturated carbocycles. The van der Waals surface area contributed by atoms with Crippen LogP contribution in [0.25, 0.3) is 0 Å². The molecule has 0 unspecified atom stereocenters. The van der Waals surface area contributed by atoms with Crippen molar-refractivity contribution in [2.75, 3.05) is 0 Å². The smallest absolute Gasteiger partial charge is 0.352 e. The highest BCUT2D eigenvalue weighted by atomic mass is 79.9. The van der Waals surface area contributed by atoms with Crippen LogP contribution in [-0.4, -0.2) is 16.1 Å². The van der Waals surface area contributed by atoms with Crippen LogP contribution in [0.2, 0.25) is 0 Å². The number of rotatable bonds is 3. The van der Waals surface area contributed by atoms with Gasteiger partial charge < -0.3 is 10.1 Å². The van der Waals surface area contributed by atoms with Gasteiger partial charge in [0.05, 0.1) is 4.60 Å². The Hall–Kier alpha value is -0.770. The molecule has 3 nitrogen and oxygen atoms in total. The number of nitrogens with one attached hydrogen (secondary N) is 1. The first-order chi connectivity index (χ1) is 5.65. The van der Waals surface area contributed by atoms with Gasteiger partial charge >= 0.3 is 5.97 Å². The number of aromatic nitrogens is 1. The maximum Gasteiger partial charge on any atom is 0.352 e. The van der Waals surface area contributed by atoms with Crippen LogP contribution in [0.15, 0.2) is 10.7 Å². The number of carboxylic acids is 1. The molecule has 0 aliphatic rings. The highest BCUT2D eigenvalue weighted by Gasteiger charge is 2.09. The second-order valence-corrected chi connectivity index (χ2v) is 3.37. The first kappa shape index (κ1) is 9.32. The molecule has 4 heteroatoms. The van der Waals surface area contributed by atoms with Crippen molar-refractivity contribution in [1.29, 1.82) is 0 Å². The number of hydrogen-bond acceptors (Lipinski definition) is 1. The van der Waals surface area contributed by atoms with E-state index in [1.807, 2.05) is 0 Å². The predicted octanol–water partition coefficient (Wildman–Crippen LogP) is 2.43. The van der Waals surface area contributed by atoms with Gasteiger partial charge in [-0.1, -0.05) is 13.3 Å². The molecule has 0 bridgehead atoms. The topological polar surface area (TPSA) is 53.1 Å². The van der Waals surface area contributed by atoms with E-state index in [1.54, 1.807) is 6.07 Å². The molecule has 0 radical (unpaired) electrons. The van der Waals surface area contributed by atoms with E-state index in [0.29, 0.717) is 0 Å². The van der Waals surface area contributed by atoms with Gasteiger partial charge in [-0.15, -0.1) is 0 Å². The zero-order chi connectivity index (χ0) is 9.14. The predicted molar refractivity (Wildman–Crippen MR) is 49.4 cm³/mol. The normalized spacial score (nSPS) is 10.2. The van der Waals surface area contributed by atoms with E-state index in [-0.39, 0.29) is 5.69 Å². The molecule has 2 N–H and O–H groups in total. The number of H-pyrrole nitrogens is 1. The summed E-state index contributed by atoms with van der Waals surface area (Å²) < 4.78 is 0.779. The van der Waals surface area contributed by atoms with Gasteiger partial charge in [0.15, 0.2) is 0 Å². The van der Waals surface area contributed by atoms with Crippen molar-refractivity contribution in [2.24, 2.45) is 0 Å². The van der Waals surface area contributed by atoms with Gasteiger partial charge in [0.2, 0.25) is 0 Å². The minimum Gasteiger partial charge on any atom is -0.477 e. The molecular weight excluding hydrogens is 222 g/mol. The average molecular weight is 232 g/mol. The molecule has 0 amide bonds. The lowest BCUT2D eigenvalue weighted by Crippen LogP contribution is -1.94. The van der Waals surface area contributed by atoms with Crippen LogP contribution in [-0.2, 0) is 6.42 Å². The highest BCUT2D eigenvalue weighted by molar-refractivity contribution is 9.10. The maximum atomic E-state index is 10.5. The van der Waals surface area contributed by atoms with Crippen molar-refractivity contribution < 1.29 is 9.90 Å². The summed E-state index contributed by atoms with van der Waals surface area (Å²) in [6.07, 6.45) is 1.90. The van der Waals surface area contributed by atoms with Gasteiger partial charge in [-0.3, -0.25) is 0 Å². The molecule has 1 heterocycles. The molecule has 0 aliphatic carbocycles. The van der Waals surface area contributed by atoms with Gasteiger partial charge in [0, 0.05) is 0 Å². The number of halogens is 1. The van der Waals surface area contributed by atoms with Crippen LogP contribution in [0.4, 0.5) is 0 Å². The Bertz CT molecular complexity index is 293. The summed E-state index contributed by atoms with van der Waals surface area (Å²) in [6, 6.07) is 1.66. The minimum absolute atomic E-state index is 0.241. The maximum absolute atomic E-state index is 10.5. The molecule has 66 valence electrons. The quantitative estimate of drug-likeness (QED) is 0.840. The first-order valence-electron chi connectivity index (χ1n) is 3.75. The lowest BCUT2D eigenvalue weighted by molar-refractivity contribution is 0.0691. The highest BCUT2D eigenvalue weighted by Crippen LogP contribution is 2.18. The van der Waals surface area contributed by atoms with E-state index in [4.69, 9.17) is 5.11 Å². The second-order valence-electron chi connectivity index (χ2n) is 2.58. The van der Waals surface area contributed by atoms with E-state index in [9.17, 15) is 4.79 Å². The summed E-state index contributed by atoms with van der Waals surface area (Å²) in [5.74, 6) is -0.918. The number of aromatic carboxylic acids is 1. The van der Waals surface area contributed by atoms with Crippen molar-refractivity contribution in [3.63, 3.8) is 0 Å². The lowest BCUT2D eigenvalue weighted by Gasteiger charge is -1.91. The van der Waals surface area contributed by atoms with Gasteiger partial charge in [-0.05, 0) is 34.0 Å². The third-order valence-corrected chi connectivity index (χ3v) is 2.30. The molecule has 0 saturated heterocycles. The van der Waals surface area contributed by atoms with Crippen LogP contribution in [0.1, 0.15) is 29.4 Å². The van der Waals surface area contributed by atoms with Crippen molar-refractivity contribution in [3.05, 3.63) is 21.9 Å². The van der Waals surface area contributed by atoms with E-state index >= 15 is 0 Å². The number of carboxylic acid groups (broad SMARTS) is 1. The zero-order valence-electron chi connectivity index (χ0n) is 6.72. The monoisotopic (exact) mass is 231 g/mol. The first-order valence-corrected chi connectivity index (χ1v) is 4.55. The molecule has 1 rings (SSSR count). The molecule has 1 aromatic rings. The van der Waals surface area contributed by atoms with E-state index in [1.165, 1.54) is 0 Å². The number of aryl methyl sites for hydroxylation is 1. The summed E-state index contributed by atoms with van der Waals surface area (Å²) in [5.41, 5.74) is 1.26. The fourth-order valence-electron chi connectivity index (χ4n) is 1.04. The molecule has 12 heavy (non-hydrogen) atoms. The number of aromatic amines is 1. The van der Waals surface area contributed by atoms with Crippen LogP contribution >= 0.6 is 15.9 Å². The molecule has 0 aliphatic heterocycles. The lowest BCUT2D eigenvalue weighted by atomic mass is 10.2. The van der Waals surface area contributed by atoms with Crippen LogP contribution < -0.4 is 0 Å². The molecule has 0 atom stereocenters.